The first-order chi connectivity index (χ1) is 14.5. The molecule has 0 atom stereocenters. The van der Waals surface area contributed by atoms with E-state index < -0.39 is 10.0 Å². The molecule has 4 aromatic rings. The summed E-state index contributed by atoms with van der Waals surface area (Å²) in [5.41, 5.74) is 2.94. The topological polar surface area (TPSA) is 95.8 Å². The predicted molar refractivity (Wildman–Crippen MR) is 115 cm³/mol. The number of nitriles is 1. The van der Waals surface area contributed by atoms with Crippen LogP contribution in [0.3, 0.4) is 0 Å². The van der Waals surface area contributed by atoms with Crippen LogP contribution in [-0.4, -0.2) is 44.8 Å². The summed E-state index contributed by atoms with van der Waals surface area (Å²) in [7, 11) is -3.58. The highest BCUT2D eigenvalue weighted by Gasteiger charge is 2.23. The van der Waals surface area contributed by atoms with Gasteiger partial charge in [-0.25, -0.2) is 8.42 Å². The summed E-state index contributed by atoms with van der Waals surface area (Å²) < 4.78 is 30.7. The number of hydrogen-bond donors (Lipinski definition) is 0. The molecule has 0 unspecified atom stereocenters. The lowest BCUT2D eigenvalue weighted by molar-refractivity contribution is 0.445. The van der Waals surface area contributed by atoms with Crippen LogP contribution in [0.15, 0.2) is 59.0 Å². The SMILES string of the molecule is CCN(CC)S(=O)(=O)c1ccc2nnc(SCc3cn4ccccc4c3C#N)n2c1. The molecular weight excluding hydrogens is 420 g/mol. The Kier molecular flexibility index (Phi) is 5.51. The number of sulfonamides is 1. The summed E-state index contributed by atoms with van der Waals surface area (Å²) in [6, 6.07) is 11.2. The van der Waals surface area contributed by atoms with Crippen LogP contribution >= 0.6 is 11.8 Å². The Hall–Kier alpha value is -2.87. The summed E-state index contributed by atoms with van der Waals surface area (Å²) in [5.74, 6) is 0.512. The maximum atomic E-state index is 12.9. The van der Waals surface area contributed by atoms with E-state index in [1.807, 2.05) is 48.8 Å². The molecule has 0 saturated carbocycles. The molecule has 4 heterocycles. The third-order valence-electron chi connectivity index (χ3n) is 4.92. The van der Waals surface area contributed by atoms with Crippen LogP contribution in [-0.2, 0) is 15.8 Å². The van der Waals surface area contributed by atoms with Crippen molar-refractivity contribution in [2.45, 2.75) is 29.7 Å². The van der Waals surface area contributed by atoms with Crippen molar-refractivity contribution in [3.8, 4) is 6.07 Å². The first-order valence-electron chi connectivity index (χ1n) is 9.46. The molecular formula is C20H20N6O2S2. The maximum Gasteiger partial charge on any atom is 0.244 e. The smallest absolute Gasteiger partial charge is 0.244 e. The highest BCUT2D eigenvalue weighted by Crippen LogP contribution is 2.27. The molecule has 0 N–H and O–H groups in total. The van der Waals surface area contributed by atoms with Gasteiger partial charge < -0.3 is 4.40 Å². The normalized spacial score (nSPS) is 12.1. The van der Waals surface area contributed by atoms with Gasteiger partial charge in [0.1, 0.15) is 6.07 Å². The van der Waals surface area contributed by atoms with E-state index in [1.165, 1.54) is 16.1 Å². The van der Waals surface area contributed by atoms with Gasteiger partial charge in [-0.2, -0.15) is 9.57 Å². The van der Waals surface area contributed by atoms with Crippen molar-refractivity contribution < 1.29 is 8.42 Å². The van der Waals surface area contributed by atoms with Crippen LogP contribution in [0.2, 0.25) is 0 Å². The van der Waals surface area contributed by atoms with E-state index in [-0.39, 0.29) is 4.90 Å². The summed E-state index contributed by atoms with van der Waals surface area (Å²) >= 11 is 1.41. The van der Waals surface area contributed by atoms with Crippen LogP contribution in [0.4, 0.5) is 0 Å². The zero-order valence-corrected chi connectivity index (χ0v) is 18.2. The van der Waals surface area contributed by atoms with Crippen molar-refractivity contribution in [2.24, 2.45) is 0 Å². The van der Waals surface area contributed by atoms with Crippen molar-refractivity contribution >= 4 is 32.9 Å². The van der Waals surface area contributed by atoms with E-state index in [9.17, 15) is 13.7 Å². The van der Waals surface area contributed by atoms with Crippen molar-refractivity contribution in [1.29, 1.82) is 5.26 Å². The van der Waals surface area contributed by atoms with Gasteiger partial charge in [0, 0.05) is 37.4 Å². The molecule has 0 spiro atoms. The quantitative estimate of drug-likeness (QED) is 0.410. The minimum Gasteiger partial charge on any atom is -0.322 e. The van der Waals surface area contributed by atoms with Gasteiger partial charge in [0.2, 0.25) is 10.0 Å². The van der Waals surface area contributed by atoms with Gasteiger partial charge in [-0.05, 0) is 29.8 Å². The zero-order chi connectivity index (χ0) is 21.3. The number of rotatable bonds is 7. The fourth-order valence-corrected chi connectivity index (χ4v) is 5.72. The number of aromatic nitrogens is 4. The van der Waals surface area contributed by atoms with Crippen LogP contribution < -0.4 is 0 Å². The van der Waals surface area contributed by atoms with E-state index in [0.29, 0.717) is 35.2 Å². The second-order valence-corrected chi connectivity index (χ2v) is 9.47. The Bertz CT molecular complexity index is 1360. The van der Waals surface area contributed by atoms with Gasteiger partial charge in [-0.1, -0.05) is 31.7 Å². The molecule has 0 fully saturated rings. The first kappa shape index (κ1) is 20.4. The number of pyridine rings is 2. The lowest BCUT2D eigenvalue weighted by atomic mass is 10.2. The average Bonchev–Trinajstić information content (AvgIpc) is 3.32. The molecule has 0 aliphatic rings. The Balaban J connectivity index is 1.67. The van der Waals surface area contributed by atoms with Crippen LogP contribution in [0.5, 0.6) is 0 Å². The van der Waals surface area contributed by atoms with Gasteiger partial charge >= 0.3 is 0 Å². The highest BCUT2D eigenvalue weighted by molar-refractivity contribution is 7.98. The van der Waals surface area contributed by atoms with Crippen LogP contribution in [0, 0.1) is 11.3 Å². The van der Waals surface area contributed by atoms with Gasteiger partial charge in [0.25, 0.3) is 0 Å². The number of nitrogens with zero attached hydrogens (tertiary/aromatic N) is 6. The van der Waals surface area contributed by atoms with E-state index in [1.54, 1.807) is 22.7 Å². The molecule has 10 heteroatoms. The van der Waals surface area contributed by atoms with Gasteiger partial charge in [0.05, 0.1) is 16.0 Å². The third kappa shape index (κ3) is 3.45. The van der Waals surface area contributed by atoms with E-state index in [2.05, 4.69) is 16.3 Å². The third-order valence-corrected chi connectivity index (χ3v) is 7.94. The Morgan fingerprint density at radius 1 is 1.13 bits per heavy atom. The molecule has 0 aliphatic heterocycles. The van der Waals surface area contributed by atoms with Crippen molar-refractivity contribution in [3.05, 3.63) is 60.0 Å². The monoisotopic (exact) mass is 440 g/mol. The Morgan fingerprint density at radius 2 is 1.93 bits per heavy atom. The number of fused-ring (bicyclic) bond motifs is 2. The van der Waals surface area contributed by atoms with Crippen LogP contribution in [0.25, 0.3) is 11.2 Å². The van der Waals surface area contributed by atoms with Crippen molar-refractivity contribution in [1.82, 2.24) is 23.3 Å². The predicted octanol–water partition coefficient (Wildman–Crippen LogP) is 3.18. The fourth-order valence-electron chi connectivity index (χ4n) is 3.37. The lowest BCUT2D eigenvalue weighted by Gasteiger charge is -2.18. The first-order valence-corrected chi connectivity index (χ1v) is 11.9. The zero-order valence-electron chi connectivity index (χ0n) is 16.6. The molecule has 0 amide bonds. The lowest BCUT2D eigenvalue weighted by Crippen LogP contribution is -2.30. The minimum atomic E-state index is -3.58. The van der Waals surface area contributed by atoms with Gasteiger partial charge in [-0.15, -0.1) is 10.2 Å². The Labute approximate surface area is 178 Å². The second kappa shape index (κ2) is 8.10. The largest absolute Gasteiger partial charge is 0.322 e. The van der Waals surface area contributed by atoms with E-state index in [0.717, 1.165) is 11.1 Å². The van der Waals surface area contributed by atoms with Crippen molar-refractivity contribution in [3.63, 3.8) is 0 Å². The standard InChI is InChI=1S/C20H20N6O2S2/c1-3-25(4-2)30(27,28)16-8-9-19-22-23-20(26(19)13-16)29-14-15-12-24-10-6-5-7-18(24)17(15)11-21/h5-10,12-13H,3-4,14H2,1-2H3. The molecule has 154 valence electrons. The van der Waals surface area contributed by atoms with Gasteiger partial charge in [0.15, 0.2) is 10.8 Å². The summed E-state index contributed by atoms with van der Waals surface area (Å²) in [4.78, 5) is 0.202. The molecule has 0 aliphatic carbocycles. The van der Waals surface area contributed by atoms with E-state index >= 15 is 0 Å². The maximum absolute atomic E-state index is 12.9. The summed E-state index contributed by atoms with van der Waals surface area (Å²) in [6.07, 6.45) is 5.40. The van der Waals surface area contributed by atoms with Crippen molar-refractivity contribution in [2.75, 3.05) is 13.1 Å². The highest BCUT2D eigenvalue weighted by atomic mass is 32.2. The minimum absolute atomic E-state index is 0.202. The average molecular weight is 441 g/mol. The molecule has 30 heavy (non-hydrogen) atoms. The summed E-state index contributed by atoms with van der Waals surface area (Å²) in [5, 5.41) is 18.5. The van der Waals surface area contributed by atoms with E-state index in [4.69, 9.17) is 0 Å². The fraction of sp³-hybridized carbons (Fsp3) is 0.250. The van der Waals surface area contributed by atoms with Gasteiger partial charge in [-0.3, -0.25) is 4.40 Å². The number of thioether (sulfide) groups is 1. The molecule has 0 saturated heterocycles. The Morgan fingerprint density at radius 3 is 2.67 bits per heavy atom. The molecule has 0 aromatic carbocycles. The molecule has 0 radical (unpaired) electrons. The van der Waals surface area contributed by atoms with Crippen LogP contribution in [0.1, 0.15) is 25.0 Å². The molecule has 4 aromatic heterocycles. The summed E-state index contributed by atoms with van der Waals surface area (Å²) in [6.45, 7) is 4.43. The molecule has 4 rings (SSSR count). The molecule has 8 nitrogen and oxygen atoms in total. The second-order valence-electron chi connectivity index (χ2n) is 6.59. The molecule has 0 bridgehead atoms. The number of hydrogen-bond acceptors (Lipinski definition) is 6.